The molecule has 1 heterocycles. The number of nitrogens with one attached hydrogen (secondary N) is 1. The standard InChI is InChI=1S/C28H31N3O4/c1-29-26(32)20-12-10-19(11-13-20)17-30(2)27(33)21-7-6-16-31(18-21)28(34)24-14-15-25(35-3)23-9-5-4-8-22(23)24/h4-5,8-15,21H,6-7,16-18H2,1-3H3,(H,29,32)/t21-/m0/s1. The van der Waals surface area contributed by atoms with Crippen LogP contribution >= 0.6 is 0 Å². The molecule has 0 saturated carbocycles. The Hall–Kier alpha value is -3.87. The van der Waals surface area contributed by atoms with E-state index >= 15 is 0 Å². The third-order valence-corrected chi connectivity index (χ3v) is 6.63. The summed E-state index contributed by atoms with van der Waals surface area (Å²) in [7, 11) is 5.00. The van der Waals surface area contributed by atoms with Crippen molar-refractivity contribution in [2.45, 2.75) is 19.4 Å². The predicted molar refractivity (Wildman–Crippen MR) is 135 cm³/mol. The molecule has 4 rings (SSSR count). The maximum Gasteiger partial charge on any atom is 0.254 e. The van der Waals surface area contributed by atoms with Crippen LogP contribution in [0.5, 0.6) is 5.75 Å². The van der Waals surface area contributed by atoms with Crippen molar-refractivity contribution in [2.24, 2.45) is 5.92 Å². The molecule has 1 aliphatic rings. The monoisotopic (exact) mass is 473 g/mol. The number of likely N-dealkylation sites (tertiary alicyclic amines) is 1. The van der Waals surface area contributed by atoms with Crippen LogP contribution in [0.2, 0.25) is 0 Å². The average molecular weight is 474 g/mol. The highest BCUT2D eigenvalue weighted by molar-refractivity contribution is 6.08. The summed E-state index contributed by atoms with van der Waals surface area (Å²) in [5, 5.41) is 4.35. The first-order valence-corrected chi connectivity index (χ1v) is 11.8. The van der Waals surface area contributed by atoms with E-state index in [1.54, 1.807) is 43.1 Å². The van der Waals surface area contributed by atoms with E-state index in [2.05, 4.69) is 5.32 Å². The summed E-state index contributed by atoms with van der Waals surface area (Å²) in [4.78, 5) is 42.0. The van der Waals surface area contributed by atoms with Crippen LogP contribution in [0.3, 0.4) is 0 Å². The molecule has 7 nitrogen and oxygen atoms in total. The van der Waals surface area contributed by atoms with Gasteiger partial charge in [-0.1, -0.05) is 36.4 Å². The number of methoxy groups -OCH3 is 1. The van der Waals surface area contributed by atoms with Crippen molar-refractivity contribution in [1.29, 1.82) is 0 Å². The number of hydrogen-bond donors (Lipinski definition) is 1. The fourth-order valence-electron chi connectivity index (χ4n) is 4.74. The predicted octanol–water partition coefficient (Wildman–Crippen LogP) is 3.72. The van der Waals surface area contributed by atoms with E-state index in [1.165, 1.54) is 0 Å². The first kappa shape index (κ1) is 24.3. The van der Waals surface area contributed by atoms with Crippen molar-refractivity contribution in [1.82, 2.24) is 15.1 Å². The number of carbonyl (C=O) groups excluding carboxylic acids is 3. The second kappa shape index (κ2) is 10.6. The lowest BCUT2D eigenvalue weighted by Gasteiger charge is -2.34. The van der Waals surface area contributed by atoms with Crippen LogP contribution < -0.4 is 10.1 Å². The maximum atomic E-state index is 13.5. The number of amides is 3. The Labute approximate surface area is 205 Å². The van der Waals surface area contributed by atoms with Gasteiger partial charge in [-0.25, -0.2) is 0 Å². The minimum atomic E-state index is -0.243. The number of ether oxygens (including phenoxy) is 1. The van der Waals surface area contributed by atoms with E-state index in [1.807, 2.05) is 48.5 Å². The molecule has 0 bridgehead atoms. The summed E-state index contributed by atoms with van der Waals surface area (Å²) in [6.45, 7) is 1.48. The Bertz CT molecular complexity index is 1240. The number of nitrogens with zero attached hydrogens (tertiary/aromatic N) is 2. The normalized spacial score (nSPS) is 15.5. The molecule has 3 aromatic carbocycles. The second-order valence-electron chi connectivity index (χ2n) is 8.92. The van der Waals surface area contributed by atoms with E-state index < -0.39 is 0 Å². The highest BCUT2D eigenvalue weighted by atomic mass is 16.5. The summed E-state index contributed by atoms with van der Waals surface area (Å²) in [6.07, 6.45) is 1.54. The number of fused-ring (bicyclic) bond motifs is 1. The van der Waals surface area contributed by atoms with Gasteiger partial charge in [0.15, 0.2) is 0 Å². The molecule has 1 atom stereocenters. The third kappa shape index (κ3) is 5.14. The van der Waals surface area contributed by atoms with E-state index in [-0.39, 0.29) is 23.6 Å². The molecular formula is C28H31N3O4. The molecule has 1 saturated heterocycles. The number of rotatable bonds is 6. The smallest absolute Gasteiger partial charge is 0.254 e. The number of hydrogen-bond acceptors (Lipinski definition) is 4. The van der Waals surface area contributed by atoms with Gasteiger partial charge in [0, 0.05) is 50.2 Å². The number of carbonyl (C=O) groups is 3. The molecule has 1 fully saturated rings. The molecule has 0 spiro atoms. The van der Waals surface area contributed by atoms with Crippen molar-refractivity contribution in [3.63, 3.8) is 0 Å². The summed E-state index contributed by atoms with van der Waals surface area (Å²) in [6, 6.07) is 18.6. The second-order valence-corrected chi connectivity index (χ2v) is 8.92. The van der Waals surface area contributed by atoms with Gasteiger partial charge in [-0.05, 0) is 48.1 Å². The quantitative estimate of drug-likeness (QED) is 0.592. The molecule has 3 amide bonds. The van der Waals surface area contributed by atoms with Gasteiger partial charge in [-0.15, -0.1) is 0 Å². The Morgan fingerprint density at radius 2 is 1.74 bits per heavy atom. The zero-order valence-electron chi connectivity index (χ0n) is 20.4. The Balaban J connectivity index is 1.45. The van der Waals surface area contributed by atoms with Gasteiger partial charge >= 0.3 is 0 Å². The van der Waals surface area contributed by atoms with Crippen LogP contribution in [0, 0.1) is 5.92 Å². The maximum absolute atomic E-state index is 13.5. The molecule has 3 aromatic rings. The van der Waals surface area contributed by atoms with Crippen molar-refractivity contribution >= 4 is 28.5 Å². The van der Waals surface area contributed by atoms with Crippen molar-refractivity contribution < 1.29 is 19.1 Å². The fourth-order valence-corrected chi connectivity index (χ4v) is 4.74. The summed E-state index contributed by atoms with van der Waals surface area (Å²) in [5.41, 5.74) is 2.15. The van der Waals surface area contributed by atoms with E-state index in [9.17, 15) is 14.4 Å². The molecule has 182 valence electrons. The van der Waals surface area contributed by atoms with Crippen LogP contribution in [-0.2, 0) is 11.3 Å². The van der Waals surface area contributed by atoms with Gasteiger partial charge in [0.2, 0.25) is 5.91 Å². The molecule has 0 aromatic heterocycles. The Morgan fingerprint density at radius 3 is 2.43 bits per heavy atom. The SMILES string of the molecule is CNC(=O)c1ccc(CN(C)C(=O)[C@H]2CCCN(C(=O)c3ccc(OC)c4ccccc34)C2)cc1. The van der Waals surface area contributed by atoms with E-state index in [0.717, 1.165) is 34.9 Å². The van der Waals surface area contributed by atoms with E-state index in [4.69, 9.17) is 4.74 Å². The molecular weight excluding hydrogens is 442 g/mol. The first-order chi connectivity index (χ1) is 16.9. The first-order valence-electron chi connectivity index (χ1n) is 11.8. The van der Waals surface area contributed by atoms with E-state index in [0.29, 0.717) is 30.8 Å². The molecule has 7 heteroatoms. The molecule has 0 radical (unpaired) electrons. The van der Waals surface area contributed by atoms with Gasteiger partial charge < -0.3 is 19.9 Å². The summed E-state index contributed by atoms with van der Waals surface area (Å²) >= 11 is 0. The van der Waals surface area contributed by atoms with Crippen molar-refractivity contribution in [2.75, 3.05) is 34.3 Å². The summed E-state index contributed by atoms with van der Waals surface area (Å²) in [5.74, 6) is 0.310. The van der Waals surface area contributed by atoms with Gasteiger partial charge in [-0.2, -0.15) is 0 Å². The Kier molecular flexibility index (Phi) is 7.34. The van der Waals surface area contributed by atoms with Gasteiger partial charge in [0.05, 0.1) is 13.0 Å². The van der Waals surface area contributed by atoms with Crippen LogP contribution in [0.4, 0.5) is 0 Å². The highest BCUT2D eigenvalue weighted by Gasteiger charge is 2.31. The van der Waals surface area contributed by atoms with Crippen LogP contribution in [0.15, 0.2) is 60.7 Å². The third-order valence-electron chi connectivity index (χ3n) is 6.63. The van der Waals surface area contributed by atoms with Gasteiger partial charge in [0.25, 0.3) is 11.8 Å². The molecule has 1 N–H and O–H groups in total. The lowest BCUT2D eigenvalue weighted by atomic mass is 9.95. The highest BCUT2D eigenvalue weighted by Crippen LogP contribution is 2.30. The average Bonchev–Trinajstić information content (AvgIpc) is 2.91. The molecule has 1 aliphatic heterocycles. The molecule has 0 unspecified atom stereocenters. The van der Waals surface area contributed by atoms with Gasteiger partial charge in [-0.3, -0.25) is 14.4 Å². The fraction of sp³-hybridized carbons (Fsp3) is 0.321. The number of benzene rings is 3. The van der Waals surface area contributed by atoms with Crippen LogP contribution in [0.25, 0.3) is 10.8 Å². The van der Waals surface area contributed by atoms with Crippen LogP contribution in [0.1, 0.15) is 39.1 Å². The van der Waals surface area contributed by atoms with Crippen molar-refractivity contribution in [3.05, 3.63) is 77.4 Å². The minimum Gasteiger partial charge on any atom is -0.496 e. The number of piperidine rings is 1. The van der Waals surface area contributed by atoms with Crippen molar-refractivity contribution in [3.8, 4) is 5.75 Å². The lowest BCUT2D eigenvalue weighted by molar-refractivity contribution is -0.136. The summed E-state index contributed by atoms with van der Waals surface area (Å²) < 4.78 is 5.46. The lowest BCUT2D eigenvalue weighted by Crippen LogP contribution is -2.45. The topological polar surface area (TPSA) is 79.0 Å². The molecule has 35 heavy (non-hydrogen) atoms. The minimum absolute atomic E-state index is 0.0254. The largest absolute Gasteiger partial charge is 0.496 e. The zero-order chi connectivity index (χ0) is 24.9. The van der Waals surface area contributed by atoms with Gasteiger partial charge in [0.1, 0.15) is 5.75 Å². The van der Waals surface area contributed by atoms with Crippen LogP contribution in [-0.4, -0.2) is 61.8 Å². The molecule has 0 aliphatic carbocycles. The Morgan fingerprint density at radius 1 is 1.03 bits per heavy atom. The zero-order valence-corrected chi connectivity index (χ0v) is 20.4.